The average molecular weight is 354 g/mol. The number of nitro groups is 1. The van der Waals surface area contributed by atoms with Crippen molar-refractivity contribution in [1.82, 2.24) is 4.90 Å². The number of benzene rings is 1. The van der Waals surface area contributed by atoms with E-state index in [0.717, 1.165) is 19.3 Å². The van der Waals surface area contributed by atoms with Crippen molar-refractivity contribution < 1.29 is 31.6 Å². The van der Waals surface area contributed by atoms with Crippen molar-refractivity contribution in [3.05, 3.63) is 33.9 Å². The smallest absolute Gasteiger partial charge is 0.458 e. The number of likely N-dealkylation sites (tertiary alicyclic amines) is 1. The highest BCUT2D eigenvalue weighted by atomic mass is 19.4. The van der Waals surface area contributed by atoms with Crippen LogP contribution in [0.25, 0.3) is 0 Å². The first-order chi connectivity index (χ1) is 11.1. The molecule has 1 aliphatic rings. The molecule has 1 heterocycles. The van der Waals surface area contributed by atoms with Crippen molar-refractivity contribution in [1.29, 1.82) is 0 Å². The van der Waals surface area contributed by atoms with Crippen LogP contribution in [0.3, 0.4) is 0 Å². The summed E-state index contributed by atoms with van der Waals surface area (Å²) in [6, 6.07) is 1.58. The highest BCUT2D eigenvalue weighted by Crippen LogP contribution is 2.47. The number of nitro benzene ring substituents is 1. The van der Waals surface area contributed by atoms with Crippen LogP contribution in [-0.2, 0) is 5.92 Å². The van der Waals surface area contributed by atoms with Crippen molar-refractivity contribution in [3.63, 3.8) is 0 Å². The highest BCUT2D eigenvalue weighted by molar-refractivity contribution is 5.46. The van der Waals surface area contributed by atoms with Gasteiger partial charge in [-0.3, -0.25) is 15.0 Å². The molecule has 134 valence electrons. The van der Waals surface area contributed by atoms with Gasteiger partial charge >= 0.3 is 12.1 Å². The third-order valence-corrected chi connectivity index (χ3v) is 3.72. The van der Waals surface area contributed by atoms with E-state index in [1.54, 1.807) is 4.90 Å². The van der Waals surface area contributed by atoms with Crippen molar-refractivity contribution in [2.75, 3.05) is 19.8 Å². The van der Waals surface area contributed by atoms with Gasteiger partial charge in [0.2, 0.25) is 0 Å². The van der Waals surface area contributed by atoms with Gasteiger partial charge in [0.15, 0.2) is 0 Å². The Hall–Kier alpha value is -1.97. The third kappa shape index (κ3) is 3.92. The maximum absolute atomic E-state index is 13.6. The lowest BCUT2D eigenvalue weighted by Gasteiger charge is -2.27. The number of ether oxygens (including phenoxy) is 1. The fourth-order valence-corrected chi connectivity index (χ4v) is 2.41. The lowest BCUT2D eigenvalue weighted by Crippen LogP contribution is -2.36. The van der Waals surface area contributed by atoms with Crippen molar-refractivity contribution in [3.8, 4) is 5.75 Å². The maximum atomic E-state index is 13.6. The summed E-state index contributed by atoms with van der Waals surface area (Å²) >= 11 is 0. The molecule has 0 aliphatic carbocycles. The summed E-state index contributed by atoms with van der Waals surface area (Å²) in [5, 5.41) is 10.7. The zero-order chi connectivity index (χ0) is 18.0. The summed E-state index contributed by atoms with van der Waals surface area (Å²) in [7, 11) is 0. The Morgan fingerprint density at radius 1 is 1.12 bits per heavy atom. The van der Waals surface area contributed by atoms with Gasteiger partial charge in [-0.1, -0.05) is 6.42 Å². The minimum absolute atomic E-state index is 0.206. The van der Waals surface area contributed by atoms with Crippen LogP contribution in [0.2, 0.25) is 0 Å². The van der Waals surface area contributed by atoms with Crippen molar-refractivity contribution >= 4 is 5.69 Å². The van der Waals surface area contributed by atoms with E-state index in [1.807, 2.05) is 0 Å². The van der Waals surface area contributed by atoms with E-state index in [4.69, 9.17) is 4.74 Å². The van der Waals surface area contributed by atoms with Crippen LogP contribution < -0.4 is 4.74 Å². The van der Waals surface area contributed by atoms with Crippen LogP contribution >= 0.6 is 0 Å². The molecule has 1 fully saturated rings. The predicted molar refractivity (Wildman–Crippen MR) is 74.0 cm³/mol. The monoisotopic (exact) mass is 354 g/mol. The van der Waals surface area contributed by atoms with Crippen molar-refractivity contribution in [2.45, 2.75) is 31.4 Å². The van der Waals surface area contributed by atoms with Gasteiger partial charge in [0.1, 0.15) is 12.5 Å². The third-order valence-electron chi connectivity index (χ3n) is 3.72. The van der Waals surface area contributed by atoms with E-state index in [9.17, 15) is 32.1 Å². The summed E-state index contributed by atoms with van der Waals surface area (Å²) in [6.07, 6.45) is -3.09. The van der Waals surface area contributed by atoms with Crippen LogP contribution in [0.5, 0.6) is 5.75 Å². The number of halogens is 5. The SMILES string of the molecule is O=[N+]([O-])c1ccc(C(F)(F)C(F)(F)F)c(OCN2CCCCC2)c1. The Morgan fingerprint density at radius 3 is 2.29 bits per heavy atom. The molecular weight excluding hydrogens is 339 g/mol. The minimum atomic E-state index is -5.83. The number of non-ortho nitro benzene ring substituents is 1. The van der Waals surface area contributed by atoms with Gasteiger partial charge in [-0.25, -0.2) is 0 Å². The standard InChI is InChI=1S/C14H15F5N2O3/c15-13(16,14(17,18)19)11-5-4-10(21(22)23)8-12(11)24-9-20-6-2-1-3-7-20/h4-5,8H,1-3,6-7,9H2. The molecule has 0 N–H and O–H groups in total. The summed E-state index contributed by atoms with van der Waals surface area (Å²) in [6.45, 7) is 1.04. The fraction of sp³-hybridized carbons (Fsp3) is 0.571. The first-order valence-corrected chi connectivity index (χ1v) is 7.21. The molecule has 24 heavy (non-hydrogen) atoms. The van der Waals surface area contributed by atoms with Gasteiger partial charge in [-0.15, -0.1) is 0 Å². The molecule has 2 rings (SSSR count). The Kier molecular flexibility index (Phi) is 5.26. The van der Waals surface area contributed by atoms with Gasteiger partial charge in [-0.2, -0.15) is 22.0 Å². The van der Waals surface area contributed by atoms with E-state index >= 15 is 0 Å². The van der Waals surface area contributed by atoms with Gasteiger partial charge in [0.25, 0.3) is 5.69 Å². The molecule has 0 aromatic heterocycles. The predicted octanol–water partition coefficient (Wildman–Crippen LogP) is 4.07. The van der Waals surface area contributed by atoms with Gasteiger partial charge < -0.3 is 4.74 Å². The lowest BCUT2D eigenvalue weighted by molar-refractivity contribution is -0.385. The number of piperidine rings is 1. The van der Waals surface area contributed by atoms with Crippen molar-refractivity contribution in [2.24, 2.45) is 0 Å². The Balaban J connectivity index is 2.30. The molecule has 0 bridgehead atoms. The summed E-state index contributed by atoms with van der Waals surface area (Å²) < 4.78 is 70.2. The lowest BCUT2D eigenvalue weighted by atomic mass is 10.1. The average Bonchev–Trinajstić information content (AvgIpc) is 2.52. The van der Waals surface area contributed by atoms with Crippen LogP contribution in [-0.4, -0.2) is 35.8 Å². The summed E-state index contributed by atoms with van der Waals surface area (Å²) in [4.78, 5) is 11.6. The van der Waals surface area contributed by atoms with Crippen LogP contribution in [0.1, 0.15) is 24.8 Å². The molecule has 0 atom stereocenters. The number of hydrogen-bond acceptors (Lipinski definition) is 4. The first kappa shape index (κ1) is 18.4. The molecular formula is C14H15F5N2O3. The molecule has 10 heteroatoms. The largest absolute Gasteiger partial charge is 0.477 e. The molecule has 0 radical (unpaired) electrons. The molecule has 1 aromatic carbocycles. The minimum Gasteiger partial charge on any atom is -0.477 e. The quantitative estimate of drug-likeness (QED) is 0.454. The van der Waals surface area contributed by atoms with Crippen LogP contribution in [0.15, 0.2) is 18.2 Å². The Labute approximate surface area is 134 Å². The van der Waals surface area contributed by atoms with Gasteiger partial charge in [-0.05, 0) is 18.9 Å². The molecule has 0 amide bonds. The van der Waals surface area contributed by atoms with E-state index in [0.29, 0.717) is 31.3 Å². The van der Waals surface area contributed by atoms with E-state index in [2.05, 4.69) is 0 Å². The molecule has 0 spiro atoms. The highest BCUT2D eigenvalue weighted by Gasteiger charge is 2.60. The first-order valence-electron chi connectivity index (χ1n) is 7.21. The molecule has 0 unspecified atom stereocenters. The summed E-state index contributed by atoms with van der Waals surface area (Å²) in [5.41, 5.74) is -2.05. The van der Waals surface area contributed by atoms with Crippen LogP contribution in [0, 0.1) is 10.1 Å². The molecule has 1 aliphatic heterocycles. The molecule has 1 aromatic rings. The Bertz CT molecular complexity index is 601. The van der Waals surface area contributed by atoms with Gasteiger partial charge in [0.05, 0.1) is 16.6 Å². The normalized spacial score (nSPS) is 16.9. The molecule has 0 saturated carbocycles. The second-order valence-electron chi connectivity index (χ2n) is 5.46. The number of nitrogens with zero attached hydrogens (tertiary/aromatic N) is 2. The second kappa shape index (κ2) is 6.88. The zero-order valence-corrected chi connectivity index (χ0v) is 12.5. The second-order valence-corrected chi connectivity index (χ2v) is 5.46. The number of rotatable bonds is 5. The summed E-state index contributed by atoms with van der Waals surface area (Å²) in [5.74, 6) is -6.00. The van der Waals surface area contributed by atoms with E-state index in [-0.39, 0.29) is 6.73 Å². The van der Waals surface area contributed by atoms with Crippen LogP contribution in [0.4, 0.5) is 27.6 Å². The Morgan fingerprint density at radius 2 is 1.75 bits per heavy atom. The fourth-order valence-electron chi connectivity index (χ4n) is 2.41. The molecule has 1 saturated heterocycles. The number of hydrogen-bond donors (Lipinski definition) is 0. The van der Waals surface area contributed by atoms with Gasteiger partial charge in [0, 0.05) is 19.2 Å². The van der Waals surface area contributed by atoms with E-state index < -0.39 is 34.0 Å². The molecule has 5 nitrogen and oxygen atoms in total. The maximum Gasteiger partial charge on any atom is 0.458 e. The zero-order valence-electron chi connectivity index (χ0n) is 12.5. The number of alkyl halides is 5. The van der Waals surface area contributed by atoms with E-state index in [1.165, 1.54) is 0 Å². The topological polar surface area (TPSA) is 55.6 Å².